The zero-order chi connectivity index (χ0) is 21.8. The molecule has 30 heavy (non-hydrogen) atoms. The third-order valence-corrected chi connectivity index (χ3v) is 6.14. The van der Waals surface area contributed by atoms with Gasteiger partial charge in [0.2, 0.25) is 0 Å². The molecule has 0 spiro atoms. The summed E-state index contributed by atoms with van der Waals surface area (Å²) in [5.41, 5.74) is 0.728. The summed E-state index contributed by atoms with van der Waals surface area (Å²) in [7, 11) is 0. The molecule has 1 unspecified atom stereocenters. The second-order valence-corrected chi connectivity index (χ2v) is 8.80. The molecule has 0 saturated heterocycles. The summed E-state index contributed by atoms with van der Waals surface area (Å²) in [5.74, 6) is -0.604. The van der Waals surface area contributed by atoms with Gasteiger partial charge >= 0.3 is 5.97 Å². The maximum atomic E-state index is 12.7. The molecule has 0 fully saturated rings. The van der Waals surface area contributed by atoms with Gasteiger partial charge in [-0.2, -0.15) is 11.8 Å². The quantitative estimate of drug-likeness (QED) is 0.208. The highest BCUT2D eigenvalue weighted by Crippen LogP contribution is 2.26. The van der Waals surface area contributed by atoms with Crippen molar-refractivity contribution >= 4 is 29.5 Å². The number of esters is 1. The monoisotopic (exact) mass is 433 g/mol. The Morgan fingerprint density at radius 1 is 0.933 bits per heavy atom. The van der Waals surface area contributed by atoms with Crippen LogP contribution in [0, 0.1) is 0 Å². The van der Waals surface area contributed by atoms with Crippen molar-refractivity contribution in [2.24, 2.45) is 0 Å². The molecule has 2 rings (SSSR count). The summed E-state index contributed by atoms with van der Waals surface area (Å²) < 4.78 is 5.47. The number of unbranched alkanes of at least 4 members (excludes halogenated alkanes) is 8. The Morgan fingerprint density at radius 3 is 2.00 bits per heavy atom. The Labute approximate surface area is 184 Å². The van der Waals surface area contributed by atoms with E-state index < -0.39 is 23.8 Å². The Balaban J connectivity index is 1.79. The van der Waals surface area contributed by atoms with Gasteiger partial charge in [0.1, 0.15) is 6.04 Å². The van der Waals surface area contributed by atoms with Crippen LogP contribution in [0.15, 0.2) is 24.3 Å². The molecule has 1 aromatic rings. The normalized spacial score (nSPS) is 14.1. The van der Waals surface area contributed by atoms with Crippen LogP contribution in [0.25, 0.3) is 0 Å². The third kappa shape index (κ3) is 6.86. The smallest absolute Gasteiger partial charge is 0.329 e. The van der Waals surface area contributed by atoms with Crippen molar-refractivity contribution in [1.82, 2.24) is 4.90 Å². The lowest BCUT2D eigenvalue weighted by Crippen LogP contribution is -2.46. The molecule has 1 aliphatic heterocycles. The summed E-state index contributed by atoms with van der Waals surface area (Å²) in [6.07, 6.45) is 13.1. The fourth-order valence-corrected chi connectivity index (χ4v) is 4.21. The summed E-state index contributed by atoms with van der Waals surface area (Å²) in [6.45, 7) is 2.56. The van der Waals surface area contributed by atoms with Crippen LogP contribution < -0.4 is 0 Å². The van der Waals surface area contributed by atoms with E-state index in [1.165, 1.54) is 38.5 Å². The Morgan fingerprint density at radius 2 is 1.47 bits per heavy atom. The van der Waals surface area contributed by atoms with E-state index in [1.54, 1.807) is 36.0 Å². The van der Waals surface area contributed by atoms with E-state index in [0.29, 0.717) is 29.9 Å². The number of benzene rings is 1. The van der Waals surface area contributed by atoms with Gasteiger partial charge in [-0.25, -0.2) is 4.79 Å². The minimum Gasteiger partial charge on any atom is -0.464 e. The fraction of sp³-hybridized carbons (Fsp3) is 0.625. The summed E-state index contributed by atoms with van der Waals surface area (Å²) in [5, 5.41) is 0. The molecular weight excluding hydrogens is 398 g/mol. The highest BCUT2D eigenvalue weighted by molar-refractivity contribution is 7.98. The van der Waals surface area contributed by atoms with Gasteiger partial charge in [0, 0.05) is 0 Å². The molecule has 2 amide bonds. The number of nitrogens with zero attached hydrogens (tertiary/aromatic N) is 1. The third-order valence-electron chi connectivity index (χ3n) is 5.50. The molecule has 5 nitrogen and oxygen atoms in total. The van der Waals surface area contributed by atoms with E-state index >= 15 is 0 Å². The number of carbonyl (C=O) groups is 3. The first-order chi connectivity index (χ1) is 14.6. The molecule has 0 bridgehead atoms. The average Bonchev–Trinajstić information content (AvgIpc) is 3.01. The van der Waals surface area contributed by atoms with Gasteiger partial charge in [-0.1, -0.05) is 70.4 Å². The van der Waals surface area contributed by atoms with E-state index in [0.717, 1.165) is 24.2 Å². The number of hydrogen-bond donors (Lipinski definition) is 0. The number of thioether (sulfide) groups is 1. The predicted octanol–water partition coefficient (Wildman–Crippen LogP) is 5.48. The molecular formula is C24H35NO4S. The van der Waals surface area contributed by atoms with Crippen LogP contribution in [-0.4, -0.2) is 47.3 Å². The Bertz CT molecular complexity index is 671. The highest BCUT2D eigenvalue weighted by Gasteiger charge is 2.42. The van der Waals surface area contributed by atoms with Crippen LogP contribution in [0.1, 0.15) is 91.8 Å². The molecule has 0 aromatic heterocycles. The average molecular weight is 434 g/mol. The second kappa shape index (κ2) is 13.5. The van der Waals surface area contributed by atoms with Gasteiger partial charge in [-0.05, 0) is 37.0 Å². The predicted molar refractivity (Wildman–Crippen MR) is 122 cm³/mol. The van der Waals surface area contributed by atoms with Crippen molar-refractivity contribution < 1.29 is 19.1 Å². The van der Waals surface area contributed by atoms with Gasteiger partial charge in [0.25, 0.3) is 11.8 Å². The fourth-order valence-electron chi connectivity index (χ4n) is 3.75. The molecule has 0 aliphatic carbocycles. The molecule has 0 N–H and O–H groups in total. The van der Waals surface area contributed by atoms with E-state index in [1.807, 2.05) is 6.26 Å². The number of carbonyl (C=O) groups excluding carboxylic acids is 3. The van der Waals surface area contributed by atoms with Gasteiger partial charge in [0.15, 0.2) is 0 Å². The van der Waals surface area contributed by atoms with E-state index in [9.17, 15) is 14.4 Å². The first-order valence-electron chi connectivity index (χ1n) is 11.2. The molecule has 1 aromatic carbocycles. The van der Waals surface area contributed by atoms with Gasteiger partial charge in [-0.15, -0.1) is 0 Å². The maximum Gasteiger partial charge on any atom is 0.329 e. The number of ether oxygens (including phenoxy) is 1. The number of fused-ring (bicyclic) bond motifs is 1. The topological polar surface area (TPSA) is 63.7 Å². The molecule has 1 heterocycles. The molecule has 166 valence electrons. The molecule has 0 radical (unpaired) electrons. The minimum atomic E-state index is -0.858. The van der Waals surface area contributed by atoms with Crippen LogP contribution in [-0.2, 0) is 9.53 Å². The lowest BCUT2D eigenvalue weighted by molar-refractivity contribution is -0.148. The summed E-state index contributed by atoms with van der Waals surface area (Å²) in [6, 6.07) is 5.87. The molecule has 1 atom stereocenters. The van der Waals surface area contributed by atoms with Crippen LogP contribution in [0.3, 0.4) is 0 Å². The van der Waals surface area contributed by atoms with E-state index in [-0.39, 0.29) is 0 Å². The molecule has 6 heteroatoms. The van der Waals surface area contributed by atoms with Crippen molar-refractivity contribution in [3.05, 3.63) is 35.4 Å². The molecule has 1 aliphatic rings. The lowest BCUT2D eigenvalue weighted by Gasteiger charge is -2.24. The highest BCUT2D eigenvalue weighted by atomic mass is 32.2. The van der Waals surface area contributed by atoms with Gasteiger partial charge in [0.05, 0.1) is 17.7 Å². The zero-order valence-corrected chi connectivity index (χ0v) is 19.2. The first kappa shape index (κ1) is 24.4. The molecule has 0 saturated carbocycles. The Kier molecular flexibility index (Phi) is 11.0. The summed E-state index contributed by atoms with van der Waals surface area (Å²) in [4.78, 5) is 39.3. The van der Waals surface area contributed by atoms with Crippen molar-refractivity contribution in [1.29, 1.82) is 0 Å². The van der Waals surface area contributed by atoms with Gasteiger partial charge in [-0.3, -0.25) is 14.5 Å². The summed E-state index contributed by atoms with van der Waals surface area (Å²) >= 11 is 1.58. The minimum absolute atomic E-state index is 0.341. The number of amides is 2. The van der Waals surface area contributed by atoms with Crippen molar-refractivity contribution in [2.75, 3.05) is 18.6 Å². The Hall–Kier alpha value is -1.82. The van der Waals surface area contributed by atoms with Crippen LogP contribution in [0.2, 0.25) is 0 Å². The largest absolute Gasteiger partial charge is 0.464 e. The maximum absolute atomic E-state index is 12.7. The first-order valence-corrected chi connectivity index (χ1v) is 12.6. The second-order valence-electron chi connectivity index (χ2n) is 7.82. The van der Waals surface area contributed by atoms with Crippen LogP contribution in [0.4, 0.5) is 0 Å². The SMILES string of the molecule is CCCCCCCCCCCOC(=O)C(CCSC)N1C(=O)c2ccccc2C1=O. The van der Waals surface area contributed by atoms with Crippen molar-refractivity contribution in [3.8, 4) is 0 Å². The number of rotatable bonds is 15. The van der Waals surface area contributed by atoms with Crippen LogP contribution in [0.5, 0.6) is 0 Å². The van der Waals surface area contributed by atoms with Gasteiger partial charge < -0.3 is 4.74 Å². The van der Waals surface area contributed by atoms with Crippen molar-refractivity contribution in [2.45, 2.75) is 77.2 Å². The number of imide groups is 1. The number of hydrogen-bond acceptors (Lipinski definition) is 5. The van der Waals surface area contributed by atoms with E-state index in [2.05, 4.69) is 6.92 Å². The standard InChI is InChI=1S/C24H35NO4S/c1-3-4-5-6-7-8-9-10-13-17-29-24(28)21(16-18-30-2)25-22(26)19-14-11-12-15-20(19)23(25)27/h11-12,14-15,21H,3-10,13,16-18H2,1-2H3. The van der Waals surface area contributed by atoms with Crippen molar-refractivity contribution in [3.63, 3.8) is 0 Å². The zero-order valence-electron chi connectivity index (χ0n) is 18.4. The lowest BCUT2D eigenvalue weighted by atomic mass is 10.1. The van der Waals surface area contributed by atoms with Crippen LogP contribution >= 0.6 is 11.8 Å². The van der Waals surface area contributed by atoms with E-state index in [4.69, 9.17) is 4.74 Å².